The average molecular weight is 468 g/mol. The zero-order valence-electron chi connectivity index (χ0n) is 16.0. The van der Waals surface area contributed by atoms with Gasteiger partial charge in [-0.05, 0) is 45.2 Å². The van der Waals surface area contributed by atoms with Crippen molar-refractivity contribution in [1.29, 1.82) is 0 Å². The van der Waals surface area contributed by atoms with Gasteiger partial charge in [-0.25, -0.2) is 0 Å². The van der Waals surface area contributed by atoms with Crippen LogP contribution in [0.1, 0.15) is 45.4 Å². The summed E-state index contributed by atoms with van der Waals surface area (Å²) < 4.78 is 11.2. The van der Waals surface area contributed by atoms with E-state index in [2.05, 4.69) is 27.4 Å². The first-order chi connectivity index (χ1) is 11.8. The summed E-state index contributed by atoms with van der Waals surface area (Å²) in [5.74, 6) is 0.899. The Kier molecular flexibility index (Phi) is 12.8. The molecule has 2 N–H and O–H groups in total. The van der Waals surface area contributed by atoms with Crippen molar-refractivity contribution in [1.82, 2.24) is 15.5 Å². The van der Waals surface area contributed by atoms with E-state index in [0.29, 0.717) is 12.1 Å². The van der Waals surface area contributed by atoms with Crippen LogP contribution in [0, 0.1) is 0 Å². The number of hydrogen-bond acceptors (Lipinski definition) is 4. The largest absolute Gasteiger partial charge is 0.379 e. The SMILES string of the molecule is CCN1CCCCC1CNC(=NC)NCCCOCC1CCCO1.I. The Hall–Kier alpha value is -0.120. The van der Waals surface area contributed by atoms with E-state index in [-0.39, 0.29) is 24.0 Å². The number of likely N-dealkylation sites (tertiary alicyclic amines) is 1. The van der Waals surface area contributed by atoms with Crippen LogP contribution in [0.15, 0.2) is 4.99 Å². The molecule has 25 heavy (non-hydrogen) atoms. The third kappa shape index (κ3) is 8.88. The number of guanidine groups is 1. The molecule has 0 aromatic rings. The van der Waals surface area contributed by atoms with E-state index in [4.69, 9.17) is 9.47 Å². The zero-order valence-corrected chi connectivity index (χ0v) is 18.3. The van der Waals surface area contributed by atoms with Crippen molar-refractivity contribution in [2.75, 3.05) is 53.0 Å². The summed E-state index contributed by atoms with van der Waals surface area (Å²) in [6, 6.07) is 0.636. The number of ether oxygens (including phenoxy) is 2. The molecule has 0 radical (unpaired) electrons. The van der Waals surface area contributed by atoms with E-state index in [1.165, 1.54) is 32.2 Å². The zero-order chi connectivity index (χ0) is 17.0. The molecule has 0 aliphatic carbocycles. The summed E-state index contributed by atoms with van der Waals surface area (Å²) in [6.45, 7) is 8.89. The average Bonchev–Trinajstić information content (AvgIpc) is 3.14. The third-order valence-corrected chi connectivity index (χ3v) is 4.97. The minimum atomic E-state index is 0. The highest BCUT2D eigenvalue weighted by Crippen LogP contribution is 2.15. The fraction of sp³-hybridized carbons (Fsp3) is 0.944. The summed E-state index contributed by atoms with van der Waals surface area (Å²) >= 11 is 0. The highest BCUT2D eigenvalue weighted by atomic mass is 127. The molecule has 0 spiro atoms. The van der Waals surface area contributed by atoms with Crippen LogP contribution in [-0.2, 0) is 9.47 Å². The maximum Gasteiger partial charge on any atom is 0.191 e. The second-order valence-corrected chi connectivity index (χ2v) is 6.72. The molecule has 0 amide bonds. The summed E-state index contributed by atoms with van der Waals surface area (Å²) in [6.07, 6.45) is 7.59. The van der Waals surface area contributed by atoms with Crippen LogP contribution in [0.25, 0.3) is 0 Å². The molecule has 2 aliphatic rings. The minimum absolute atomic E-state index is 0. The Morgan fingerprint density at radius 1 is 1.24 bits per heavy atom. The second kappa shape index (κ2) is 14.0. The van der Waals surface area contributed by atoms with Crippen molar-refractivity contribution in [3.8, 4) is 0 Å². The minimum Gasteiger partial charge on any atom is -0.379 e. The molecule has 2 rings (SSSR count). The smallest absolute Gasteiger partial charge is 0.191 e. The van der Waals surface area contributed by atoms with Gasteiger partial charge in [0.15, 0.2) is 5.96 Å². The molecule has 0 saturated carbocycles. The van der Waals surface area contributed by atoms with E-state index in [1.54, 1.807) is 0 Å². The Morgan fingerprint density at radius 2 is 2.12 bits per heavy atom. The fourth-order valence-electron chi connectivity index (χ4n) is 3.51. The monoisotopic (exact) mass is 468 g/mol. The molecule has 148 valence electrons. The topological polar surface area (TPSA) is 58.1 Å². The molecule has 6 nitrogen and oxygen atoms in total. The molecule has 2 unspecified atom stereocenters. The van der Waals surface area contributed by atoms with Gasteiger partial charge in [-0.1, -0.05) is 13.3 Å². The number of aliphatic imine (C=N–C) groups is 1. The molecule has 0 bridgehead atoms. The molecule has 2 aliphatic heterocycles. The van der Waals surface area contributed by atoms with Gasteiger partial charge in [0, 0.05) is 39.4 Å². The number of nitrogens with one attached hydrogen (secondary N) is 2. The lowest BCUT2D eigenvalue weighted by atomic mass is 10.0. The Bertz CT molecular complexity index is 365. The lowest BCUT2D eigenvalue weighted by molar-refractivity contribution is 0.0168. The van der Waals surface area contributed by atoms with E-state index in [9.17, 15) is 0 Å². The van der Waals surface area contributed by atoms with E-state index in [0.717, 1.165) is 58.3 Å². The molecule has 2 heterocycles. The number of rotatable bonds is 9. The maximum absolute atomic E-state index is 5.68. The maximum atomic E-state index is 5.68. The molecular weight excluding hydrogens is 431 g/mol. The van der Waals surface area contributed by atoms with E-state index >= 15 is 0 Å². The molecule has 0 aromatic heterocycles. The van der Waals surface area contributed by atoms with Crippen molar-refractivity contribution < 1.29 is 9.47 Å². The van der Waals surface area contributed by atoms with Crippen LogP contribution < -0.4 is 10.6 Å². The molecular formula is C18H37IN4O2. The normalized spacial score (nSPS) is 24.8. The van der Waals surface area contributed by atoms with Crippen molar-refractivity contribution in [2.24, 2.45) is 4.99 Å². The third-order valence-electron chi connectivity index (χ3n) is 4.97. The first-order valence-electron chi connectivity index (χ1n) is 9.71. The van der Waals surface area contributed by atoms with Gasteiger partial charge in [-0.15, -0.1) is 24.0 Å². The van der Waals surface area contributed by atoms with Gasteiger partial charge in [0.2, 0.25) is 0 Å². The summed E-state index contributed by atoms with van der Waals surface area (Å²) in [4.78, 5) is 6.89. The quantitative estimate of drug-likeness (QED) is 0.235. The number of nitrogens with zero attached hydrogens (tertiary/aromatic N) is 2. The lowest BCUT2D eigenvalue weighted by Crippen LogP contribution is -2.49. The summed E-state index contributed by atoms with van der Waals surface area (Å²) in [5, 5.41) is 6.85. The number of halogens is 1. The van der Waals surface area contributed by atoms with Gasteiger partial charge >= 0.3 is 0 Å². The molecule has 2 saturated heterocycles. The van der Waals surface area contributed by atoms with Crippen LogP contribution in [-0.4, -0.2) is 76.1 Å². The Labute approximate surface area is 170 Å². The molecule has 2 fully saturated rings. The fourth-order valence-corrected chi connectivity index (χ4v) is 3.51. The van der Waals surface area contributed by atoms with Gasteiger partial charge in [0.05, 0.1) is 12.7 Å². The number of piperidine rings is 1. The van der Waals surface area contributed by atoms with Gasteiger partial charge < -0.3 is 20.1 Å². The van der Waals surface area contributed by atoms with Crippen LogP contribution in [0.4, 0.5) is 0 Å². The van der Waals surface area contributed by atoms with Crippen LogP contribution in [0.5, 0.6) is 0 Å². The van der Waals surface area contributed by atoms with Crippen molar-refractivity contribution in [2.45, 2.75) is 57.6 Å². The lowest BCUT2D eigenvalue weighted by Gasteiger charge is -2.35. The Balaban J connectivity index is 0.00000312. The van der Waals surface area contributed by atoms with Crippen molar-refractivity contribution in [3.63, 3.8) is 0 Å². The standard InChI is InChI=1S/C18H36N4O2.HI/c1-3-22-11-5-4-8-16(22)14-21-18(19-2)20-10-7-12-23-15-17-9-6-13-24-17;/h16-17H,3-15H2,1-2H3,(H2,19,20,21);1H. The van der Waals surface area contributed by atoms with Gasteiger partial charge in [0.1, 0.15) is 0 Å². The second-order valence-electron chi connectivity index (χ2n) is 6.72. The van der Waals surface area contributed by atoms with Crippen LogP contribution >= 0.6 is 24.0 Å². The molecule has 0 aromatic carbocycles. The number of hydrogen-bond donors (Lipinski definition) is 2. The first kappa shape index (κ1) is 22.9. The van der Waals surface area contributed by atoms with Crippen molar-refractivity contribution in [3.05, 3.63) is 0 Å². The predicted molar refractivity (Wildman–Crippen MR) is 114 cm³/mol. The van der Waals surface area contributed by atoms with Crippen LogP contribution in [0.2, 0.25) is 0 Å². The van der Waals surface area contributed by atoms with Gasteiger partial charge in [0.25, 0.3) is 0 Å². The van der Waals surface area contributed by atoms with Crippen molar-refractivity contribution >= 4 is 29.9 Å². The predicted octanol–water partition coefficient (Wildman–Crippen LogP) is 2.23. The Morgan fingerprint density at radius 3 is 2.84 bits per heavy atom. The number of likely N-dealkylation sites (N-methyl/N-ethyl adjacent to an activating group) is 1. The highest BCUT2D eigenvalue weighted by Gasteiger charge is 2.20. The van der Waals surface area contributed by atoms with Gasteiger partial charge in [-0.3, -0.25) is 9.89 Å². The summed E-state index contributed by atoms with van der Waals surface area (Å²) in [7, 11) is 1.84. The first-order valence-corrected chi connectivity index (χ1v) is 9.71. The molecule has 2 atom stereocenters. The van der Waals surface area contributed by atoms with Crippen LogP contribution in [0.3, 0.4) is 0 Å². The van der Waals surface area contributed by atoms with E-state index in [1.807, 2.05) is 7.05 Å². The van der Waals surface area contributed by atoms with E-state index < -0.39 is 0 Å². The highest BCUT2D eigenvalue weighted by molar-refractivity contribution is 14.0. The molecule has 7 heteroatoms. The summed E-state index contributed by atoms with van der Waals surface area (Å²) in [5.41, 5.74) is 0. The van der Waals surface area contributed by atoms with Gasteiger partial charge in [-0.2, -0.15) is 0 Å².